The van der Waals surface area contributed by atoms with Crippen molar-refractivity contribution in [2.75, 3.05) is 37.4 Å². The van der Waals surface area contributed by atoms with Gasteiger partial charge in [0.2, 0.25) is 0 Å². The van der Waals surface area contributed by atoms with E-state index in [-0.39, 0.29) is 17.5 Å². The number of nitrogens with two attached hydrogens (primary N) is 1. The number of aromatic nitrogens is 3. The number of aryl methyl sites for hydroxylation is 1. The molecule has 0 saturated carbocycles. The molecular formula is C20H23N7O2S. The first-order valence-corrected chi connectivity index (χ1v) is 10.3. The molecule has 1 saturated heterocycles. The summed E-state index contributed by atoms with van der Waals surface area (Å²) in [5.74, 6) is 0.480. The summed E-state index contributed by atoms with van der Waals surface area (Å²) >= 11 is 1.41. The second-order valence-electron chi connectivity index (χ2n) is 7.45. The third-order valence-electron chi connectivity index (χ3n) is 4.98. The van der Waals surface area contributed by atoms with E-state index in [1.54, 1.807) is 34.9 Å². The third kappa shape index (κ3) is 3.66. The van der Waals surface area contributed by atoms with Gasteiger partial charge in [-0.3, -0.25) is 14.6 Å². The summed E-state index contributed by atoms with van der Waals surface area (Å²) in [6, 6.07) is 3.56. The summed E-state index contributed by atoms with van der Waals surface area (Å²) in [6.45, 7) is 2.93. The van der Waals surface area contributed by atoms with Gasteiger partial charge in [-0.2, -0.15) is 0 Å². The number of anilines is 3. The number of hydrogen-bond donors (Lipinski definition) is 3. The number of carbonyl (C=O) groups is 1. The number of amides is 1. The van der Waals surface area contributed by atoms with Crippen molar-refractivity contribution in [3.63, 3.8) is 0 Å². The fourth-order valence-electron chi connectivity index (χ4n) is 3.37. The van der Waals surface area contributed by atoms with Gasteiger partial charge in [0.05, 0.1) is 38.6 Å². The Hall–Kier alpha value is -3.24. The lowest BCUT2D eigenvalue weighted by atomic mass is 10.1. The van der Waals surface area contributed by atoms with Crippen LogP contribution in [0.2, 0.25) is 0 Å². The highest BCUT2D eigenvalue weighted by Crippen LogP contribution is 2.32. The Balaban J connectivity index is 1.75. The van der Waals surface area contributed by atoms with Crippen molar-refractivity contribution in [3.8, 4) is 10.4 Å². The Morgan fingerprint density at radius 2 is 2.13 bits per heavy atom. The number of H-pyrrole nitrogens is 1. The normalized spacial score (nSPS) is 13.8. The zero-order valence-corrected chi connectivity index (χ0v) is 17.8. The zero-order valence-electron chi connectivity index (χ0n) is 17.0. The van der Waals surface area contributed by atoms with Crippen molar-refractivity contribution in [1.29, 1.82) is 0 Å². The lowest BCUT2D eigenvalue weighted by Crippen LogP contribution is -2.57. The number of pyridine rings is 2. The van der Waals surface area contributed by atoms with E-state index in [0.717, 1.165) is 10.6 Å². The number of nitrogens with zero attached hydrogens (tertiary/aromatic N) is 4. The largest absolute Gasteiger partial charge is 0.362 e. The van der Waals surface area contributed by atoms with Crippen LogP contribution in [-0.2, 0) is 0 Å². The van der Waals surface area contributed by atoms with Gasteiger partial charge in [0.25, 0.3) is 11.5 Å². The molecule has 0 aromatic carbocycles. The minimum absolute atomic E-state index is 0.0202. The van der Waals surface area contributed by atoms with Crippen LogP contribution in [0, 0.1) is 6.92 Å². The van der Waals surface area contributed by atoms with Gasteiger partial charge in [-0.15, -0.1) is 11.3 Å². The first kappa shape index (κ1) is 20.0. The van der Waals surface area contributed by atoms with Crippen molar-refractivity contribution in [1.82, 2.24) is 19.9 Å². The molecule has 9 nitrogen and oxygen atoms in total. The van der Waals surface area contributed by atoms with E-state index in [1.807, 2.05) is 25.9 Å². The molecule has 1 aliphatic rings. The molecule has 4 heterocycles. The van der Waals surface area contributed by atoms with E-state index < -0.39 is 0 Å². The predicted molar refractivity (Wildman–Crippen MR) is 119 cm³/mol. The highest BCUT2D eigenvalue weighted by molar-refractivity contribution is 7.13. The Bertz CT molecular complexity index is 1150. The molecule has 4 rings (SSSR count). The molecule has 4 N–H and O–H groups in total. The van der Waals surface area contributed by atoms with Crippen LogP contribution in [-0.4, -0.2) is 59.0 Å². The van der Waals surface area contributed by atoms with Crippen LogP contribution in [0.1, 0.15) is 16.1 Å². The Morgan fingerprint density at radius 1 is 1.37 bits per heavy atom. The maximum atomic E-state index is 12.9. The minimum atomic E-state index is -0.197. The van der Waals surface area contributed by atoms with E-state index in [0.29, 0.717) is 41.4 Å². The number of carbonyl (C=O) groups excluding carboxylic acids is 1. The molecule has 10 heteroatoms. The number of likely N-dealkylation sites (tertiary alicyclic amines) is 1. The fraction of sp³-hybridized carbons (Fsp3) is 0.300. The fourth-order valence-corrected chi connectivity index (χ4v) is 4.18. The van der Waals surface area contributed by atoms with Crippen LogP contribution in [0.4, 0.5) is 17.2 Å². The molecule has 1 aliphatic heterocycles. The van der Waals surface area contributed by atoms with E-state index >= 15 is 0 Å². The van der Waals surface area contributed by atoms with Gasteiger partial charge < -0.3 is 25.8 Å². The Morgan fingerprint density at radius 3 is 2.77 bits per heavy atom. The summed E-state index contributed by atoms with van der Waals surface area (Å²) in [6.07, 6.45) is 3.17. The number of nitrogens with one attached hydrogen (secondary N) is 2. The molecule has 30 heavy (non-hydrogen) atoms. The second-order valence-corrected chi connectivity index (χ2v) is 8.31. The Kier molecular flexibility index (Phi) is 5.27. The number of hydrogen-bond acceptors (Lipinski definition) is 8. The van der Waals surface area contributed by atoms with Crippen molar-refractivity contribution < 1.29 is 4.79 Å². The predicted octanol–water partition coefficient (Wildman–Crippen LogP) is 1.79. The van der Waals surface area contributed by atoms with Crippen molar-refractivity contribution in [2.45, 2.75) is 13.0 Å². The van der Waals surface area contributed by atoms with Crippen molar-refractivity contribution in [2.24, 2.45) is 5.73 Å². The van der Waals surface area contributed by atoms with Gasteiger partial charge >= 0.3 is 0 Å². The summed E-state index contributed by atoms with van der Waals surface area (Å²) in [7, 11) is 3.68. The summed E-state index contributed by atoms with van der Waals surface area (Å²) in [5, 5.41) is 3.32. The highest BCUT2D eigenvalue weighted by atomic mass is 32.1. The number of aromatic amines is 1. The third-order valence-corrected chi connectivity index (χ3v) is 5.94. The number of rotatable bonds is 5. The van der Waals surface area contributed by atoms with Crippen LogP contribution in [0.3, 0.4) is 0 Å². The Labute approximate surface area is 177 Å². The molecule has 3 aromatic rings. The van der Waals surface area contributed by atoms with Gasteiger partial charge in [-0.1, -0.05) is 0 Å². The van der Waals surface area contributed by atoms with Crippen molar-refractivity contribution >= 4 is 34.4 Å². The monoisotopic (exact) mass is 425 g/mol. The van der Waals surface area contributed by atoms with Gasteiger partial charge in [0.15, 0.2) is 0 Å². The standard InChI is InChI=1S/C20H23N7O2S/c1-11-17(30-10-23-11)13-6-16(18(26(2)3)25-19(13)28)24-15-4-5-22-7-14(15)20(29)27-8-12(21)9-27/h4-7,10,12H,8-9,21H2,1-3H3,(H,22,24)(H,25,28). The molecule has 0 spiro atoms. The SMILES string of the molecule is Cc1ncsc1-c1cc(Nc2ccncc2C(=O)N2CC(N)C2)c(N(C)C)[nH]c1=O. The molecular weight excluding hydrogens is 402 g/mol. The lowest BCUT2D eigenvalue weighted by molar-refractivity contribution is 0.0608. The van der Waals surface area contributed by atoms with E-state index in [4.69, 9.17) is 5.73 Å². The first-order chi connectivity index (χ1) is 14.3. The maximum absolute atomic E-state index is 12.9. The van der Waals surface area contributed by atoms with E-state index in [2.05, 4.69) is 20.3 Å². The first-order valence-electron chi connectivity index (χ1n) is 9.46. The number of thiazole rings is 1. The topological polar surface area (TPSA) is 120 Å². The van der Waals surface area contributed by atoms with Crippen LogP contribution >= 0.6 is 11.3 Å². The van der Waals surface area contributed by atoms with Crippen LogP contribution in [0.5, 0.6) is 0 Å². The molecule has 1 fully saturated rings. The molecule has 0 unspecified atom stereocenters. The minimum Gasteiger partial charge on any atom is -0.362 e. The average Bonchev–Trinajstić information content (AvgIpc) is 3.12. The molecule has 0 bridgehead atoms. The molecule has 0 aliphatic carbocycles. The smallest absolute Gasteiger partial charge is 0.258 e. The van der Waals surface area contributed by atoms with Gasteiger partial charge in [-0.05, 0) is 19.1 Å². The van der Waals surface area contributed by atoms with Crippen LogP contribution < -0.4 is 21.5 Å². The van der Waals surface area contributed by atoms with Gasteiger partial charge in [-0.25, -0.2) is 4.98 Å². The van der Waals surface area contributed by atoms with E-state index in [9.17, 15) is 9.59 Å². The summed E-state index contributed by atoms with van der Waals surface area (Å²) in [5.41, 5.74) is 10.4. The van der Waals surface area contributed by atoms with Gasteiger partial charge in [0, 0.05) is 45.6 Å². The highest BCUT2D eigenvalue weighted by Gasteiger charge is 2.30. The van der Waals surface area contributed by atoms with Gasteiger partial charge in [0.1, 0.15) is 5.82 Å². The van der Waals surface area contributed by atoms with E-state index in [1.165, 1.54) is 11.3 Å². The molecule has 156 valence electrons. The average molecular weight is 426 g/mol. The maximum Gasteiger partial charge on any atom is 0.258 e. The summed E-state index contributed by atoms with van der Waals surface area (Å²) < 4.78 is 0. The zero-order chi connectivity index (χ0) is 21.4. The molecule has 3 aromatic heterocycles. The molecule has 0 radical (unpaired) electrons. The molecule has 0 atom stereocenters. The van der Waals surface area contributed by atoms with Crippen molar-refractivity contribution in [3.05, 3.63) is 51.6 Å². The molecule has 1 amide bonds. The summed E-state index contributed by atoms with van der Waals surface area (Å²) in [4.78, 5) is 41.2. The quantitative estimate of drug-likeness (QED) is 0.570. The lowest BCUT2D eigenvalue weighted by Gasteiger charge is -2.37. The van der Waals surface area contributed by atoms with Crippen LogP contribution in [0.15, 0.2) is 34.8 Å². The second kappa shape index (κ2) is 7.88. The van der Waals surface area contributed by atoms with Crippen LogP contribution in [0.25, 0.3) is 10.4 Å².